The number of ether oxygens (including phenoxy) is 2. The fourth-order valence-corrected chi connectivity index (χ4v) is 1.42. The highest BCUT2D eigenvalue weighted by molar-refractivity contribution is 6.04. The molecule has 0 aliphatic rings. The van der Waals surface area contributed by atoms with Crippen LogP contribution in [0.5, 0.6) is 5.75 Å². The number of carbonyl (C=O) groups excluding carboxylic acids is 2. The van der Waals surface area contributed by atoms with E-state index >= 15 is 0 Å². The van der Waals surface area contributed by atoms with E-state index in [0.717, 1.165) is 0 Å². The Bertz CT molecular complexity index is 474. The maximum atomic E-state index is 12.0. The van der Waals surface area contributed by atoms with Crippen LogP contribution in [0.1, 0.15) is 27.7 Å². The fourth-order valence-electron chi connectivity index (χ4n) is 1.42. The van der Waals surface area contributed by atoms with E-state index in [1.54, 1.807) is 52.1 Å². The van der Waals surface area contributed by atoms with Crippen LogP contribution in [0.25, 0.3) is 0 Å². The maximum absolute atomic E-state index is 12.0. The van der Waals surface area contributed by atoms with Gasteiger partial charge in [0.15, 0.2) is 0 Å². The van der Waals surface area contributed by atoms with Crippen molar-refractivity contribution in [3.63, 3.8) is 0 Å². The van der Waals surface area contributed by atoms with Crippen molar-refractivity contribution in [2.24, 2.45) is 5.92 Å². The van der Waals surface area contributed by atoms with Gasteiger partial charge in [-0.1, -0.05) is 0 Å². The number of hydrogen-bond donors (Lipinski definition) is 1. The molecule has 0 radical (unpaired) electrons. The highest BCUT2D eigenvalue weighted by atomic mass is 16.6. The Balaban J connectivity index is 2.63. The molecule has 0 aromatic heterocycles. The molecule has 1 amide bonds. The first-order valence-corrected chi connectivity index (χ1v) is 6.40. The molecule has 5 nitrogen and oxygen atoms in total. The Labute approximate surface area is 119 Å². The molecule has 1 unspecified atom stereocenters. The summed E-state index contributed by atoms with van der Waals surface area (Å²) in [5.41, 5.74) is -0.00245. The summed E-state index contributed by atoms with van der Waals surface area (Å²) in [6.07, 6.45) is 0. The molecule has 0 saturated heterocycles. The minimum Gasteiger partial charge on any atom is -0.497 e. The minimum atomic E-state index is -0.865. The van der Waals surface area contributed by atoms with Crippen LogP contribution in [0.15, 0.2) is 24.3 Å². The van der Waals surface area contributed by atoms with Gasteiger partial charge in [-0.25, -0.2) is 0 Å². The second kappa shape index (κ2) is 6.41. The summed E-state index contributed by atoms with van der Waals surface area (Å²) in [7, 11) is 1.57. The van der Waals surface area contributed by atoms with E-state index in [4.69, 9.17) is 9.47 Å². The van der Waals surface area contributed by atoms with Crippen molar-refractivity contribution in [1.29, 1.82) is 0 Å². The summed E-state index contributed by atoms with van der Waals surface area (Å²) in [6.45, 7) is 6.81. The molecule has 0 aliphatic heterocycles. The third-order valence-electron chi connectivity index (χ3n) is 2.51. The first-order chi connectivity index (χ1) is 9.23. The van der Waals surface area contributed by atoms with Crippen LogP contribution in [0.3, 0.4) is 0 Å². The van der Waals surface area contributed by atoms with Crippen LogP contribution < -0.4 is 10.1 Å². The van der Waals surface area contributed by atoms with Gasteiger partial charge < -0.3 is 14.8 Å². The molecule has 110 valence electrons. The molecule has 0 aliphatic carbocycles. The van der Waals surface area contributed by atoms with Crippen LogP contribution in [0.2, 0.25) is 0 Å². The molecular weight excluding hydrogens is 258 g/mol. The molecule has 20 heavy (non-hydrogen) atoms. The van der Waals surface area contributed by atoms with Crippen LogP contribution in [0, 0.1) is 5.92 Å². The highest BCUT2D eigenvalue weighted by Gasteiger charge is 2.27. The Morgan fingerprint density at radius 3 is 2.15 bits per heavy atom. The molecule has 1 atom stereocenters. The summed E-state index contributed by atoms with van der Waals surface area (Å²) < 4.78 is 10.2. The topological polar surface area (TPSA) is 64.6 Å². The standard InChI is InChI=1S/C15H21NO4/c1-10(14(18)20-15(2,3)4)13(17)16-11-6-8-12(19-5)9-7-11/h6-10H,1-5H3,(H,16,17). The van der Waals surface area contributed by atoms with E-state index < -0.39 is 23.4 Å². The summed E-state index contributed by atoms with van der Waals surface area (Å²) >= 11 is 0. The van der Waals surface area contributed by atoms with Gasteiger partial charge in [-0.3, -0.25) is 9.59 Å². The normalized spacial score (nSPS) is 12.4. The molecular formula is C15H21NO4. The number of methoxy groups -OCH3 is 1. The van der Waals surface area contributed by atoms with Gasteiger partial charge >= 0.3 is 5.97 Å². The van der Waals surface area contributed by atoms with E-state index in [1.807, 2.05) is 0 Å². The lowest BCUT2D eigenvalue weighted by molar-refractivity contribution is -0.160. The van der Waals surface area contributed by atoms with Gasteiger partial charge in [0.25, 0.3) is 0 Å². The summed E-state index contributed by atoms with van der Waals surface area (Å²) in [5.74, 6) is -1.10. The SMILES string of the molecule is COc1ccc(NC(=O)C(C)C(=O)OC(C)(C)C)cc1. The number of nitrogens with one attached hydrogen (secondary N) is 1. The van der Waals surface area contributed by atoms with Crippen LogP contribution >= 0.6 is 0 Å². The van der Waals surface area contributed by atoms with E-state index in [2.05, 4.69) is 5.32 Å². The minimum absolute atomic E-state index is 0.399. The van der Waals surface area contributed by atoms with Crippen molar-refractivity contribution in [2.75, 3.05) is 12.4 Å². The average molecular weight is 279 g/mol. The van der Waals surface area contributed by atoms with E-state index in [9.17, 15) is 9.59 Å². The lowest BCUT2D eigenvalue weighted by Gasteiger charge is -2.21. The van der Waals surface area contributed by atoms with Crippen LogP contribution in [-0.4, -0.2) is 24.6 Å². The van der Waals surface area contributed by atoms with Gasteiger partial charge in [-0.2, -0.15) is 0 Å². The lowest BCUT2D eigenvalue weighted by Crippen LogP contribution is -2.33. The molecule has 0 bridgehead atoms. The van der Waals surface area contributed by atoms with Gasteiger partial charge in [0.05, 0.1) is 7.11 Å². The smallest absolute Gasteiger partial charge is 0.318 e. The third-order valence-corrected chi connectivity index (χ3v) is 2.51. The van der Waals surface area contributed by atoms with Crippen LogP contribution in [-0.2, 0) is 14.3 Å². The monoisotopic (exact) mass is 279 g/mol. The fraction of sp³-hybridized carbons (Fsp3) is 0.467. The van der Waals surface area contributed by atoms with Crippen LogP contribution in [0.4, 0.5) is 5.69 Å². The molecule has 0 fully saturated rings. The second-order valence-electron chi connectivity index (χ2n) is 5.47. The van der Waals surface area contributed by atoms with E-state index in [1.165, 1.54) is 6.92 Å². The molecule has 1 rings (SSSR count). The Kier molecular flexibility index (Phi) is 5.13. The average Bonchev–Trinajstić information content (AvgIpc) is 2.36. The molecule has 0 heterocycles. The van der Waals surface area contributed by atoms with Crippen molar-refractivity contribution >= 4 is 17.6 Å². The van der Waals surface area contributed by atoms with Crippen molar-refractivity contribution in [3.05, 3.63) is 24.3 Å². The van der Waals surface area contributed by atoms with Gasteiger partial charge in [-0.15, -0.1) is 0 Å². The summed E-state index contributed by atoms with van der Waals surface area (Å²) in [4.78, 5) is 23.7. The number of hydrogen-bond acceptors (Lipinski definition) is 4. The molecule has 0 saturated carbocycles. The molecule has 0 spiro atoms. The molecule has 5 heteroatoms. The number of carbonyl (C=O) groups is 2. The van der Waals surface area contributed by atoms with Gasteiger partial charge in [0.1, 0.15) is 17.3 Å². The number of esters is 1. The first kappa shape index (κ1) is 16.0. The summed E-state index contributed by atoms with van der Waals surface area (Å²) in [5, 5.41) is 2.66. The number of amides is 1. The maximum Gasteiger partial charge on any atom is 0.318 e. The van der Waals surface area contributed by atoms with E-state index in [-0.39, 0.29) is 0 Å². The predicted molar refractivity (Wildman–Crippen MR) is 76.6 cm³/mol. The zero-order chi connectivity index (χ0) is 15.3. The predicted octanol–water partition coefficient (Wildman–Crippen LogP) is 2.61. The van der Waals surface area contributed by atoms with Crippen molar-refractivity contribution < 1.29 is 19.1 Å². The zero-order valence-electron chi connectivity index (χ0n) is 12.5. The van der Waals surface area contributed by atoms with Crippen molar-refractivity contribution in [1.82, 2.24) is 0 Å². The summed E-state index contributed by atoms with van der Waals surface area (Å²) in [6, 6.07) is 6.87. The third kappa shape index (κ3) is 4.91. The molecule has 1 aromatic carbocycles. The quantitative estimate of drug-likeness (QED) is 0.679. The lowest BCUT2D eigenvalue weighted by atomic mass is 10.1. The Morgan fingerprint density at radius 1 is 1.15 bits per heavy atom. The molecule has 1 aromatic rings. The second-order valence-corrected chi connectivity index (χ2v) is 5.47. The number of rotatable bonds is 4. The van der Waals surface area contributed by atoms with Gasteiger partial charge in [0, 0.05) is 5.69 Å². The largest absolute Gasteiger partial charge is 0.497 e. The Hall–Kier alpha value is -2.04. The van der Waals surface area contributed by atoms with Gasteiger partial charge in [0.2, 0.25) is 5.91 Å². The molecule has 1 N–H and O–H groups in total. The first-order valence-electron chi connectivity index (χ1n) is 6.40. The van der Waals surface area contributed by atoms with Crippen molar-refractivity contribution in [3.8, 4) is 5.75 Å². The zero-order valence-corrected chi connectivity index (χ0v) is 12.5. The number of anilines is 1. The van der Waals surface area contributed by atoms with E-state index in [0.29, 0.717) is 11.4 Å². The van der Waals surface area contributed by atoms with Crippen molar-refractivity contribution in [2.45, 2.75) is 33.3 Å². The highest BCUT2D eigenvalue weighted by Crippen LogP contribution is 2.17. The number of benzene rings is 1. The Morgan fingerprint density at radius 2 is 1.70 bits per heavy atom. The van der Waals surface area contributed by atoms with Gasteiger partial charge in [-0.05, 0) is 52.0 Å².